The largest absolute Gasteiger partial charge is 0.481 e. The van der Waals surface area contributed by atoms with Gasteiger partial charge in [-0.3, -0.25) is 4.79 Å². The van der Waals surface area contributed by atoms with E-state index in [0.29, 0.717) is 6.42 Å². The van der Waals surface area contributed by atoms with Crippen molar-refractivity contribution in [2.24, 2.45) is 0 Å². The molecular weight excluding hydrogens is 200 g/mol. The van der Waals surface area contributed by atoms with Crippen LogP contribution >= 0.6 is 0 Å². The fraction of sp³-hybridized carbons (Fsp3) is 0.800. The highest BCUT2D eigenvalue weighted by molar-refractivity contribution is 5.66. The van der Waals surface area contributed by atoms with Crippen molar-refractivity contribution in [3.05, 3.63) is 0 Å². The lowest BCUT2D eigenvalue weighted by atomic mass is 10.1. The molecule has 0 aliphatic carbocycles. The summed E-state index contributed by atoms with van der Waals surface area (Å²) in [7, 11) is 0. The second kappa shape index (κ2) is 12.9. The third kappa shape index (κ3) is 24.6. The minimum absolute atomic E-state index is 0.337. The summed E-state index contributed by atoms with van der Waals surface area (Å²) >= 11 is 0. The number of hydrogen-bond acceptors (Lipinski definition) is 4. The molecule has 0 spiro atoms. The van der Waals surface area contributed by atoms with Gasteiger partial charge in [0, 0.05) is 13.3 Å². The highest BCUT2D eigenvalue weighted by Crippen LogP contribution is 2.04. The van der Waals surface area contributed by atoms with E-state index in [1.54, 1.807) is 0 Å². The molecule has 0 atom stereocenters. The SMILES string of the molecule is CC(=O)OO.CCCCCCCC(=O)O. The van der Waals surface area contributed by atoms with Gasteiger partial charge in [0.15, 0.2) is 0 Å². The second-order valence-electron chi connectivity index (χ2n) is 3.14. The van der Waals surface area contributed by atoms with Crippen LogP contribution in [0.4, 0.5) is 0 Å². The Labute approximate surface area is 90.0 Å². The quantitative estimate of drug-likeness (QED) is 0.408. The summed E-state index contributed by atoms with van der Waals surface area (Å²) in [4.78, 5) is 22.5. The van der Waals surface area contributed by atoms with Crippen LogP contribution < -0.4 is 0 Å². The fourth-order valence-corrected chi connectivity index (χ4v) is 0.880. The predicted octanol–water partition coefficient (Wildman–Crippen LogP) is 2.45. The van der Waals surface area contributed by atoms with Crippen molar-refractivity contribution in [3.8, 4) is 0 Å². The normalized spacial score (nSPS) is 8.73. The lowest BCUT2D eigenvalue weighted by Crippen LogP contribution is -1.93. The Balaban J connectivity index is 0. The van der Waals surface area contributed by atoms with Gasteiger partial charge in [-0.15, -0.1) is 0 Å². The molecule has 0 aromatic carbocycles. The Morgan fingerprint density at radius 3 is 1.93 bits per heavy atom. The first-order valence-corrected chi connectivity index (χ1v) is 5.08. The first kappa shape index (κ1) is 16.3. The van der Waals surface area contributed by atoms with E-state index in [4.69, 9.17) is 10.4 Å². The van der Waals surface area contributed by atoms with Crippen LogP contribution in [-0.2, 0) is 14.5 Å². The van der Waals surface area contributed by atoms with E-state index in [0.717, 1.165) is 19.8 Å². The third-order valence-corrected chi connectivity index (χ3v) is 1.62. The van der Waals surface area contributed by atoms with E-state index < -0.39 is 11.9 Å². The van der Waals surface area contributed by atoms with Crippen LogP contribution in [0.15, 0.2) is 0 Å². The Bertz CT molecular complexity index is 167. The Hall–Kier alpha value is -1.10. The van der Waals surface area contributed by atoms with Crippen LogP contribution in [-0.4, -0.2) is 22.3 Å². The van der Waals surface area contributed by atoms with Gasteiger partial charge < -0.3 is 9.99 Å². The van der Waals surface area contributed by atoms with Gasteiger partial charge >= 0.3 is 11.9 Å². The number of rotatable bonds is 6. The molecule has 0 bridgehead atoms. The fourth-order valence-electron chi connectivity index (χ4n) is 0.880. The van der Waals surface area contributed by atoms with Crippen LogP contribution in [0, 0.1) is 0 Å². The molecule has 0 fully saturated rings. The first-order valence-electron chi connectivity index (χ1n) is 5.08. The van der Waals surface area contributed by atoms with Gasteiger partial charge in [0.1, 0.15) is 0 Å². The van der Waals surface area contributed by atoms with Crippen molar-refractivity contribution in [1.29, 1.82) is 0 Å². The van der Waals surface area contributed by atoms with Gasteiger partial charge in [0.25, 0.3) is 0 Å². The summed E-state index contributed by atoms with van der Waals surface area (Å²) in [5.74, 6) is -1.36. The van der Waals surface area contributed by atoms with Gasteiger partial charge in [-0.05, 0) is 6.42 Å². The number of aliphatic carboxylic acids is 1. The van der Waals surface area contributed by atoms with Gasteiger partial charge in [-0.25, -0.2) is 4.79 Å². The molecule has 0 aromatic heterocycles. The summed E-state index contributed by atoms with van der Waals surface area (Å²) in [6, 6.07) is 0. The minimum atomic E-state index is -0.690. The molecule has 0 unspecified atom stereocenters. The lowest BCUT2D eigenvalue weighted by Gasteiger charge is -1.95. The van der Waals surface area contributed by atoms with Crippen LogP contribution in [0.2, 0.25) is 0 Å². The molecular formula is C10H20O5. The molecule has 2 N–H and O–H groups in total. The lowest BCUT2D eigenvalue weighted by molar-refractivity contribution is -0.231. The molecule has 0 radical (unpaired) electrons. The van der Waals surface area contributed by atoms with E-state index in [-0.39, 0.29) is 0 Å². The number of hydrogen-bond donors (Lipinski definition) is 2. The minimum Gasteiger partial charge on any atom is -0.481 e. The van der Waals surface area contributed by atoms with E-state index in [1.165, 1.54) is 19.3 Å². The zero-order chi connectivity index (χ0) is 12.1. The Morgan fingerprint density at radius 2 is 1.60 bits per heavy atom. The van der Waals surface area contributed by atoms with E-state index in [9.17, 15) is 9.59 Å². The average Bonchev–Trinajstić information content (AvgIpc) is 2.18. The maximum absolute atomic E-state index is 10.0. The molecule has 0 amide bonds. The molecule has 15 heavy (non-hydrogen) atoms. The molecule has 0 aliphatic rings. The molecule has 5 heteroatoms. The Kier molecular flexibility index (Phi) is 14.0. The first-order chi connectivity index (χ1) is 7.04. The molecule has 0 aromatic rings. The molecule has 90 valence electrons. The van der Waals surface area contributed by atoms with E-state index in [1.807, 2.05) is 0 Å². The Morgan fingerprint density at radius 1 is 1.13 bits per heavy atom. The number of carboxylic acids is 1. The standard InChI is InChI=1S/C8H16O2.C2H4O3/c1-2-3-4-5-6-7-8(9)10;1-2(3)5-4/h2-7H2,1H3,(H,9,10);4H,1H3. The monoisotopic (exact) mass is 220 g/mol. The zero-order valence-corrected chi connectivity index (χ0v) is 9.36. The molecule has 0 rings (SSSR count). The average molecular weight is 220 g/mol. The number of carbonyl (C=O) groups excluding carboxylic acids is 1. The van der Waals surface area contributed by atoms with Crippen LogP contribution in [0.3, 0.4) is 0 Å². The second-order valence-corrected chi connectivity index (χ2v) is 3.14. The van der Waals surface area contributed by atoms with Crippen molar-refractivity contribution in [3.63, 3.8) is 0 Å². The van der Waals surface area contributed by atoms with Crippen molar-refractivity contribution in [1.82, 2.24) is 0 Å². The molecule has 5 nitrogen and oxygen atoms in total. The van der Waals surface area contributed by atoms with Crippen LogP contribution in [0.1, 0.15) is 52.4 Å². The van der Waals surface area contributed by atoms with Gasteiger partial charge in [-0.2, -0.15) is 5.26 Å². The zero-order valence-electron chi connectivity index (χ0n) is 9.36. The topological polar surface area (TPSA) is 83.8 Å². The van der Waals surface area contributed by atoms with Gasteiger partial charge in [0.2, 0.25) is 0 Å². The van der Waals surface area contributed by atoms with Gasteiger partial charge in [-0.1, -0.05) is 32.6 Å². The summed E-state index contributed by atoms with van der Waals surface area (Å²) in [5.41, 5.74) is 0. The molecule has 0 saturated carbocycles. The predicted molar refractivity (Wildman–Crippen MR) is 55.4 cm³/mol. The molecule has 0 aliphatic heterocycles. The summed E-state index contributed by atoms with van der Waals surface area (Å²) < 4.78 is 0. The number of carbonyl (C=O) groups is 2. The van der Waals surface area contributed by atoms with Crippen molar-refractivity contribution in [2.75, 3.05) is 0 Å². The maximum Gasteiger partial charge on any atom is 0.339 e. The van der Waals surface area contributed by atoms with Gasteiger partial charge in [0.05, 0.1) is 0 Å². The van der Waals surface area contributed by atoms with Crippen molar-refractivity contribution < 1.29 is 24.8 Å². The highest BCUT2D eigenvalue weighted by atomic mass is 17.1. The van der Waals surface area contributed by atoms with E-state index in [2.05, 4.69) is 11.8 Å². The number of unbranched alkanes of at least 4 members (excludes halogenated alkanes) is 4. The maximum atomic E-state index is 10.0. The highest BCUT2D eigenvalue weighted by Gasteiger charge is 1.94. The number of carboxylic acid groups (broad SMARTS) is 1. The van der Waals surface area contributed by atoms with Crippen molar-refractivity contribution in [2.45, 2.75) is 52.4 Å². The summed E-state index contributed by atoms with van der Waals surface area (Å²) in [6.45, 7) is 3.26. The van der Waals surface area contributed by atoms with E-state index >= 15 is 0 Å². The summed E-state index contributed by atoms with van der Waals surface area (Å²) in [5, 5.41) is 15.6. The molecule has 0 heterocycles. The van der Waals surface area contributed by atoms with Crippen LogP contribution in [0.25, 0.3) is 0 Å². The van der Waals surface area contributed by atoms with Crippen molar-refractivity contribution >= 4 is 11.9 Å². The van der Waals surface area contributed by atoms with Crippen LogP contribution in [0.5, 0.6) is 0 Å². The molecule has 0 saturated heterocycles. The third-order valence-electron chi connectivity index (χ3n) is 1.62. The summed E-state index contributed by atoms with van der Waals surface area (Å²) in [6.07, 6.45) is 5.88. The smallest absolute Gasteiger partial charge is 0.339 e.